The van der Waals surface area contributed by atoms with Gasteiger partial charge < -0.3 is 0 Å². The van der Waals surface area contributed by atoms with E-state index in [2.05, 4.69) is 26.5 Å². The van der Waals surface area contributed by atoms with E-state index in [-0.39, 0.29) is 0 Å². The molecule has 0 nitrogen and oxygen atoms in total. The SMILES string of the molecule is C=CC(CCCCC)CCCCCC. The van der Waals surface area contributed by atoms with E-state index in [4.69, 9.17) is 0 Å². The molecule has 84 valence electrons. The topological polar surface area (TPSA) is 0 Å². The third-order valence-corrected chi connectivity index (χ3v) is 2.94. The molecule has 0 heteroatoms. The van der Waals surface area contributed by atoms with Gasteiger partial charge in [0, 0.05) is 0 Å². The smallest absolute Gasteiger partial charge is 0.0236 e. The standard InChI is InChI=1S/C14H28/c1-4-7-9-11-13-14(6-3)12-10-8-5-2/h6,14H,3-5,7-13H2,1-2H3. The molecule has 14 heavy (non-hydrogen) atoms. The van der Waals surface area contributed by atoms with Crippen LogP contribution in [0.5, 0.6) is 0 Å². The summed E-state index contributed by atoms with van der Waals surface area (Å²) in [4.78, 5) is 0. The number of hydrogen-bond donors (Lipinski definition) is 0. The minimum atomic E-state index is 0.790. The third-order valence-electron chi connectivity index (χ3n) is 2.94. The second kappa shape index (κ2) is 10.8. The molecular formula is C14H28. The second-order valence-electron chi connectivity index (χ2n) is 4.34. The minimum absolute atomic E-state index is 0.790. The van der Waals surface area contributed by atoms with Gasteiger partial charge in [0.1, 0.15) is 0 Å². The fourth-order valence-electron chi connectivity index (χ4n) is 1.87. The van der Waals surface area contributed by atoms with Gasteiger partial charge in [-0.1, -0.05) is 64.9 Å². The van der Waals surface area contributed by atoms with Crippen LogP contribution in [-0.4, -0.2) is 0 Å². The van der Waals surface area contributed by atoms with Crippen LogP contribution in [0.1, 0.15) is 71.6 Å². The molecule has 0 amide bonds. The van der Waals surface area contributed by atoms with Gasteiger partial charge in [-0.05, 0) is 18.8 Å². The predicted molar refractivity (Wildman–Crippen MR) is 66.6 cm³/mol. The fourth-order valence-corrected chi connectivity index (χ4v) is 1.87. The van der Waals surface area contributed by atoms with Crippen LogP contribution >= 0.6 is 0 Å². The molecule has 0 radical (unpaired) electrons. The van der Waals surface area contributed by atoms with E-state index in [9.17, 15) is 0 Å². The van der Waals surface area contributed by atoms with E-state index in [0.717, 1.165) is 5.92 Å². The molecule has 0 aliphatic rings. The lowest BCUT2D eigenvalue weighted by Crippen LogP contribution is -1.96. The van der Waals surface area contributed by atoms with Crippen LogP contribution < -0.4 is 0 Å². The van der Waals surface area contributed by atoms with Crippen LogP contribution in [0.2, 0.25) is 0 Å². The Kier molecular flexibility index (Phi) is 10.6. The van der Waals surface area contributed by atoms with E-state index < -0.39 is 0 Å². The summed E-state index contributed by atoms with van der Waals surface area (Å²) in [7, 11) is 0. The van der Waals surface area contributed by atoms with E-state index in [1.54, 1.807) is 0 Å². The van der Waals surface area contributed by atoms with Gasteiger partial charge in [-0.3, -0.25) is 0 Å². The monoisotopic (exact) mass is 196 g/mol. The van der Waals surface area contributed by atoms with Crippen molar-refractivity contribution in [2.75, 3.05) is 0 Å². The quantitative estimate of drug-likeness (QED) is 0.327. The fraction of sp³-hybridized carbons (Fsp3) is 0.857. The first-order valence-electron chi connectivity index (χ1n) is 6.47. The highest BCUT2D eigenvalue weighted by molar-refractivity contribution is 4.78. The van der Waals surface area contributed by atoms with Crippen molar-refractivity contribution in [2.24, 2.45) is 5.92 Å². The van der Waals surface area contributed by atoms with Gasteiger partial charge in [0.05, 0.1) is 0 Å². The number of rotatable bonds is 10. The summed E-state index contributed by atoms with van der Waals surface area (Å²) in [6, 6.07) is 0. The molecule has 0 N–H and O–H groups in total. The third kappa shape index (κ3) is 8.34. The van der Waals surface area contributed by atoms with Crippen molar-refractivity contribution in [3.8, 4) is 0 Å². The Morgan fingerprint density at radius 2 is 1.36 bits per heavy atom. The van der Waals surface area contributed by atoms with Crippen molar-refractivity contribution in [1.29, 1.82) is 0 Å². The molecule has 0 fully saturated rings. The maximum absolute atomic E-state index is 3.94. The van der Waals surface area contributed by atoms with E-state index in [1.807, 2.05) is 0 Å². The number of allylic oxidation sites excluding steroid dienone is 1. The van der Waals surface area contributed by atoms with Crippen LogP contribution in [0, 0.1) is 5.92 Å². The zero-order valence-electron chi connectivity index (χ0n) is 10.2. The highest BCUT2D eigenvalue weighted by atomic mass is 14.1. The lowest BCUT2D eigenvalue weighted by Gasteiger charge is -2.11. The van der Waals surface area contributed by atoms with Gasteiger partial charge in [-0.2, -0.15) is 0 Å². The molecule has 0 bridgehead atoms. The van der Waals surface area contributed by atoms with Crippen molar-refractivity contribution in [2.45, 2.75) is 71.6 Å². The van der Waals surface area contributed by atoms with Gasteiger partial charge in [0.2, 0.25) is 0 Å². The summed E-state index contributed by atoms with van der Waals surface area (Å²) < 4.78 is 0. The van der Waals surface area contributed by atoms with Crippen LogP contribution in [0.25, 0.3) is 0 Å². The van der Waals surface area contributed by atoms with Crippen LogP contribution in [-0.2, 0) is 0 Å². The molecule has 0 saturated carbocycles. The summed E-state index contributed by atoms with van der Waals surface area (Å²) in [5.41, 5.74) is 0. The van der Waals surface area contributed by atoms with Gasteiger partial charge in [-0.25, -0.2) is 0 Å². The van der Waals surface area contributed by atoms with E-state index in [0.29, 0.717) is 0 Å². The summed E-state index contributed by atoms with van der Waals surface area (Å²) >= 11 is 0. The number of unbranched alkanes of at least 4 members (excludes halogenated alkanes) is 5. The van der Waals surface area contributed by atoms with Gasteiger partial charge in [0.25, 0.3) is 0 Å². The average Bonchev–Trinajstić information content (AvgIpc) is 2.22. The van der Waals surface area contributed by atoms with Crippen LogP contribution in [0.15, 0.2) is 12.7 Å². The maximum atomic E-state index is 3.94. The molecule has 0 saturated heterocycles. The molecule has 0 spiro atoms. The lowest BCUT2D eigenvalue weighted by atomic mass is 9.95. The Bertz CT molecular complexity index is 115. The zero-order valence-corrected chi connectivity index (χ0v) is 10.2. The highest BCUT2D eigenvalue weighted by Gasteiger charge is 2.02. The van der Waals surface area contributed by atoms with E-state index >= 15 is 0 Å². The Morgan fingerprint density at radius 3 is 1.86 bits per heavy atom. The summed E-state index contributed by atoms with van der Waals surface area (Å²) in [6.45, 7) is 8.48. The molecule has 0 aliphatic carbocycles. The van der Waals surface area contributed by atoms with Crippen molar-refractivity contribution in [1.82, 2.24) is 0 Å². The molecule has 1 atom stereocenters. The van der Waals surface area contributed by atoms with Crippen molar-refractivity contribution in [3.05, 3.63) is 12.7 Å². The van der Waals surface area contributed by atoms with E-state index in [1.165, 1.54) is 57.8 Å². The van der Waals surface area contributed by atoms with Gasteiger partial charge in [-0.15, -0.1) is 6.58 Å². The average molecular weight is 196 g/mol. The Hall–Kier alpha value is -0.260. The number of hydrogen-bond acceptors (Lipinski definition) is 0. The van der Waals surface area contributed by atoms with Crippen LogP contribution in [0.3, 0.4) is 0 Å². The summed E-state index contributed by atoms with van der Waals surface area (Å²) in [6.07, 6.45) is 14.6. The first-order chi connectivity index (χ1) is 6.85. The second-order valence-corrected chi connectivity index (χ2v) is 4.34. The maximum Gasteiger partial charge on any atom is -0.0236 e. The lowest BCUT2D eigenvalue weighted by molar-refractivity contribution is 0.478. The highest BCUT2D eigenvalue weighted by Crippen LogP contribution is 2.18. The summed E-state index contributed by atoms with van der Waals surface area (Å²) in [5.74, 6) is 0.790. The molecule has 0 aromatic heterocycles. The molecule has 0 rings (SSSR count). The van der Waals surface area contributed by atoms with Crippen LogP contribution in [0.4, 0.5) is 0 Å². The summed E-state index contributed by atoms with van der Waals surface area (Å²) in [5, 5.41) is 0. The largest absolute Gasteiger partial charge is 0.103 e. The predicted octanol–water partition coefficient (Wildman–Crippen LogP) is 5.34. The van der Waals surface area contributed by atoms with Crippen molar-refractivity contribution < 1.29 is 0 Å². The van der Waals surface area contributed by atoms with Crippen molar-refractivity contribution >= 4 is 0 Å². The zero-order chi connectivity index (χ0) is 10.6. The normalized spacial score (nSPS) is 12.7. The Morgan fingerprint density at radius 1 is 0.857 bits per heavy atom. The van der Waals surface area contributed by atoms with Crippen molar-refractivity contribution in [3.63, 3.8) is 0 Å². The molecule has 1 unspecified atom stereocenters. The molecule has 0 aliphatic heterocycles. The van der Waals surface area contributed by atoms with Gasteiger partial charge in [0.15, 0.2) is 0 Å². The molecule has 0 aromatic carbocycles. The first kappa shape index (κ1) is 13.7. The Balaban J connectivity index is 3.33. The molecule has 0 heterocycles. The van der Waals surface area contributed by atoms with Gasteiger partial charge >= 0.3 is 0 Å². The first-order valence-corrected chi connectivity index (χ1v) is 6.47. The minimum Gasteiger partial charge on any atom is -0.103 e. The molecule has 0 aromatic rings. The Labute approximate surface area is 90.8 Å². The molecular weight excluding hydrogens is 168 g/mol.